The molecule has 0 unspecified atom stereocenters. The van der Waals surface area contributed by atoms with Crippen LogP contribution in [0.5, 0.6) is 0 Å². The molecule has 2 aromatic carbocycles. The highest BCUT2D eigenvalue weighted by atomic mass is 35.5. The molecule has 2 aliphatic heterocycles. The zero-order chi connectivity index (χ0) is 25.5. The molecule has 4 amide bonds. The van der Waals surface area contributed by atoms with E-state index in [1.165, 1.54) is 0 Å². The second-order valence-electron chi connectivity index (χ2n) is 8.98. The third kappa shape index (κ3) is 6.69. The molecule has 10 heteroatoms. The first-order chi connectivity index (χ1) is 17.4. The Hall–Kier alpha value is -2.81. The summed E-state index contributed by atoms with van der Waals surface area (Å²) in [5.74, 6) is -0.133. The summed E-state index contributed by atoms with van der Waals surface area (Å²) in [6.07, 6.45) is 1.54. The minimum absolute atomic E-state index is 0.0963. The average molecular weight is 533 g/mol. The topological polar surface area (TPSA) is 91.0 Å². The molecule has 1 atom stereocenters. The molecule has 0 aliphatic carbocycles. The molecule has 0 saturated carbocycles. The van der Waals surface area contributed by atoms with Gasteiger partial charge in [-0.1, -0.05) is 59.6 Å². The van der Waals surface area contributed by atoms with Crippen molar-refractivity contribution < 1.29 is 19.1 Å². The number of benzene rings is 2. The van der Waals surface area contributed by atoms with E-state index in [0.29, 0.717) is 69.4 Å². The van der Waals surface area contributed by atoms with Gasteiger partial charge < -0.3 is 25.2 Å². The van der Waals surface area contributed by atoms with Crippen LogP contribution in [0.4, 0.5) is 10.5 Å². The van der Waals surface area contributed by atoms with Gasteiger partial charge in [0.05, 0.1) is 28.9 Å². The normalized spacial score (nSPS) is 17.4. The summed E-state index contributed by atoms with van der Waals surface area (Å²) in [6.45, 7) is 3.30. The maximum atomic E-state index is 13.5. The minimum Gasteiger partial charge on any atom is -0.378 e. The fourth-order valence-corrected chi connectivity index (χ4v) is 4.92. The maximum absolute atomic E-state index is 13.5. The van der Waals surface area contributed by atoms with Crippen molar-refractivity contribution in [3.05, 3.63) is 64.1 Å². The summed E-state index contributed by atoms with van der Waals surface area (Å²) < 4.78 is 5.34. The van der Waals surface area contributed by atoms with Gasteiger partial charge in [0.1, 0.15) is 6.04 Å². The van der Waals surface area contributed by atoms with Gasteiger partial charge in [-0.3, -0.25) is 9.59 Å². The van der Waals surface area contributed by atoms with Crippen LogP contribution in [0.15, 0.2) is 48.5 Å². The Bertz CT molecular complexity index is 1070. The Morgan fingerprint density at radius 3 is 2.31 bits per heavy atom. The number of piperidine rings is 1. The van der Waals surface area contributed by atoms with E-state index in [0.717, 1.165) is 5.56 Å². The second-order valence-corrected chi connectivity index (χ2v) is 9.76. The number of urea groups is 1. The van der Waals surface area contributed by atoms with E-state index in [4.69, 9.17) is 27.9 Å². The van der Waals surface area contributed by atoms with Gasteiger partial charge in [0, 0.05) is 38.5 Å². The van der Waals surface area contributed by atoms with Crippen molar-refractivity contribution in [2.24, 2.45) is 5.92 Å². The number of likely N-dealkylation sites (tertiary alicyclic amines) is 1. The first kappa shape index (κ1) is 26.3. The molecule has 2 fully saturated rings. The van der Waals surface area contributed by atoms with Crippen molar-refractivity contribution in [1.29, 1.82) is 0 Å². The molecule has 4 rings (SSSR count). The van der Waals surface area contributed by atoms with Crippen molar-refractivity contribution in [3.8, 4) is 0 Å². The molecule has 2 saturated heterocycles. The number of hydrogen-bond acceptors (Lipinski definition) is 4. The van der Waals surface area contributed by atoms with Crippen molar-refractivity contribution in [2.75, 3.05) is 44.7 Å². The second kappa shape index (κ2) is 12.4. The summed E-state index contributed by atoms with van der Waals surface area (Å²) in [5.41, 5.74) is 1.28. The SMILES string of the molecule is O=C(Nc1cccc(Cl)c1Cl)N[C@@H](Cc1ccccc1)C(=O)N1CCC(C(=O)N2CCOCC2)CC1. The zero-order valence-corrected chi connectivity index (χ0v) is 21.4. The van der Waals surface area contributed by atoms with Gasteiger partial charge in [0.15, 0.2) is 0 Å². The van der Waals surface area contributed by atoms with Crippen molar-refractivity contribution in [3.63, 3.8) is 0 Å². The Morgan fingerprint density at radius 2 is 1.61 bits per heavy atom. The molecule has 0 spiro atoms. The van der Waals surface area contributed by atoms with Crippen LogP contribution in [0.25, 0.3) is 0 Å². The van der Waals surface area contributed by atoms with Crippen LogP contribution in [0.1, 0.15) is 18.4 Å². The number of carbonyl (C=O) groups is 3. The molecular weight excluding hydrogens is 503 g/mol. The standard InChI is InChI=1S/C26H30Cl2N4O4/c27-20-7-4-8-21(23(20)28)29-26(35)30-22(17-18-5-2-1-3-6-18)25(34)31-11-9-19(10-12-31)24(33)32-13-15-36-16-14-32/h1-8,19,22H,9-17H2,(H2,29,30,35)/t22-/m0/s1. The first-order valence-electron chi connectivity index (χ1n) is 12.1. The molecule has 0 aromatic heterocycles. The van der Waals surface area contributed by atoms with E-state index in [9.17, 15) is 14.4 Å². The van der Waals surface area contributed by atoms with Gasteiger partial charge in [0.25, 0.3) is 0 Å². The minimum atomic E-state index is -0.781. The van der Waals surface area contributed by atoms with Crippen LogP contribution in [0.2, 0.25) is 10.0 Å². The number of nitrogens with zero attached hydrogens (tertiary/aromatic N) is 2. The highest BCUT2D eigenvalue weighted by Gasteiger charge is 2.33. The van der Waals surface area contributed by atoms with Crippen LogP contribution in [0.3, 0.4) is 0 Å². The largest absolute Gasteiger partial charge is 0.378 e. The molecule has 8 nitrogen and oxygen atoms in total. The molecular formula is C26H30Cl2N4O4. The number of nitrogens with one attached hydrogen (secondary N) is 2. The number of carbonyl (C=O) groups excluding carboxylic acids is 3. The number of morpholine rings is 1. The highest BCUT2D eigenvalue weighted by molar-refractivity contribution is 6.43. The Kier molecular flexibility index (Phi) is 9.07. The third-order valence-electron chi connectivity index (χ3n) is 6.56. The average Bonchev–Trinajstić information content (AvgIpc) is 2.91. The quantitative estimate of drug-likeness (QED) is 0.591. The predicted molar refractivity (Wildman–Crippen MR) is 139 cm³/mol. The highest BCUT2D eigenvalue weighted by Crippen LogP contribution is 2.29. The lowest BCUT2D eigenvalue weighted by Crippen LogP contribution is -2.53. The fraction of sp³-hybridized carbons (Fsp3) is 0.423. The lowest BCUT2D eigenvalue weighted by atomic mass is 9.94. The number of rotatable bonds is 6. The Balaban J connectivity index is 1.40. The lowest BCUT2D eigenvalue weighted by Gasteiger charge is -2.36. The number of halogens is 2. The molecule has 0 radical (unpaired) electrons. The van der Waals surface area contributed by atoms with Gasteiger partial charge in [-0.25, -0.2) is 4.79 Å². The van der Waals surface area contributed by atoms with Crippen molar-refractivity contribution >= 4 is 46.7 Å². The molecule has 2 heterocycles. The summed E-state index contributed by atoms with van der Waals surface area (Å²) in [7, 11) is 0. The Morgan fingerprint density at radius 1 is 0.917 bits per heavy atom. The number of anilines is 1. The van der Waals surface area contributed by atoms with E-state index in [-0.39, 0.29) is 22.8 Å². The number of amides is 4. The number of hydrogen-bond donors (Lipinski definition) is 2. The molecule has 2 N–H and O–H groups in total. The molecule has 36 heavy (non-hydrogen) atoms. The summed E-state index contributed by atoms with van der Waals surface area (Å²) in [5, 5.41) is 6.05. The maximum Gasteiger partial charge on any atom is 0.319 e. The van der Waals surface area contributed by atoms with Gasteiger partial charge in [-0.05, 0) is 30.5 Å². The summed E-state index contributed by atoms with van der Waals surface area (Å²) in [6, 6.07) is 13.1. The lowest BCUT2D eigenvalue weighted by molar-refractivity contribution is -0.144. The first-order valence-corrected chi connectivity index (χ1v) is 12.9. The fourth-order valence-electron chi connectivity index (χ4n) is 4.58. The van der Waals surface area contributed by atoms with Crippen LogP contribution < -0.4 is 10.6 Å². The van der Waals surface area contributed by atoms with E-state index >= 15 is 0 Å². The van der Waals surface area contributed by atoms with Crippen molar-refractivity contribution in [2.45, 2.75) is 25.3 Å². The van der Waals surface area contributed by atoms with Gasteiger partial charge in [-0.2, -0.15) is 0 Å². The van der Waals surface area contributed by atoms with E-state index in [2.05, 4.69) is 10.6 Å². The molecule has 2 aromatic rings. The summed E-state index contributed by atoms with van der Waals surface area (Å²) >= 11 is 12.2. The molecule has 2 aliphatic rings. The number of ether oxygens (including phenoxy) is 1. The zero-order valence-electron chi connectivity index (χ0n) is 19.9. The molecule has 192 valence electrons. The Labute approximate surface area is 220 Å². The van der Waals surface area contributed by atoms with Gasteiger partial charge >= 0.3 is 6.03 Å². The van der Waals surface area contributed by atoms with Crippen LogP contribution >= 0.6 is 23.2 Å². The van der Waals surface area contributed by atoms with E-state index < -0.39 is 12.1 Å². The van der Waals surface area contributed by atoms with Crippen molar-refractivity contribution in [1.82, 2.24) is 15.1 Å². The predicted octanol–water partition coefficient (Wildman–Crippen LogP) is 3.82. The van der Waals surface area contributed by atoms with Crippen LogP contribution in [-0.4, -0.2) is 73.1 Å². The van der Waals surface area contributed by atoms with Crippen LogP contribution in [0, 0.1) is 5.92 Å². The van der Waals surface area contributed by atoms with Gasteiger partial charge in [-0.15, -0.1) is 0 Å². The van der Waals surface area contributed by atoms with E-state index in [1.54, 1.807) is 23.1 Å². The third-order valence-corrected chi connectivity index (χ3v) is 7.38. The summed E-state index contributed by atoms with van der Waals surface area (Å²) in [4.78, 5) is 42.8. The van der Waals surface area contributed by atoms with Gasteiger partial charge in [0.2, 0.25) is 11.8 Å². The smallest absolute Gasteiger partial charge is 0.319 e. The molecule has 0 bridgehead atoms. The monoisotopic (exact) mass is 532 g/mol. The van der Waals surface area contributed by atoms with Crippen LogP contribution in [-0.2, 0) is 20.7 Å². The van der Waals surface area contributed by atoms with E-state index in [1.807, 2.05) is 35.2 Å².